The number of hydrogen-bond acceptors (Lipinski definition) is 5. The molecule has 0 radical (unpaired) electrons. The van der Waals surface area contributed by atoms with Crippen molar-refractivity contribution in [2.75, 3.05) is 25.6 Å². The van der Waals surface area contributed by atoms with E-state index in [0.717, 1.165) is 13.0 Å². The van der Waals surface area contributed by atoms with Crippen molar-refractivity contribution in [3.8, 4) is 0 Å². The lowest BCUT2D eigenvalue weighted by Gasteiger charge is -2.00. The van der Waals surface area contributed by atoms with Crippen molar-refractivity contribution in [1.82, 2.24) is 4.98 Å². The molecule has 0 atom stereocenters. The fourth-order valence-electron chi connectivity index (χ4n) is 0.865. The zero-order chi connectivity index (χ0) is 10.4. The fourth-order valence-corrected chi connectivity index (χ4v) is 1.58. The molecule has 0 amide bonds. The highest BCUT2D eigenvalue weighted by molar-refractivity contribution is 7.13. The highest BCUT2D eigenvalue weighted by Crippen LogP contribution is 2.14. The fraction of sp³-hybridized carbons (Fsp3) is 0.500. The number of methoxy groups -OCH3 is 1. The number of anilines is 1. The van der Waals surface area contributed by atoms with Crippen LogP contribution in [-0.4, -0.2) is 36.3 Å². The van der Waals surface area contributed by atoms with Crippen LogP contribution >= 0.6 is 11.3 Å². The van der Waals surface area contributed by atoms with Gasteiger partial charge >= 0.3 is 5.97 Å². The molecule has 0 aliphatic carbocycles. The van der Waals surface area contributed by atoms with Gasteiger partial charge in [-0.2, -0.15) is 0 Å². The molecule has 0 saturated carbocycles. The number of aromatic nitrogens is 1. The number of nitrogens with one attached hydrogen (secondary N) is 1. The van der Waals surface area contributed by atoms with Crippen molar-refractivity contribution in [1.29, 1.82) is 0 Å². The first kappa shape index (κ1) is 10.9. The first-order valence-electron chi connectivity index (χ1n) is 4.15. The number of thiazole rings is 1. The summed E-state index contributed by atoms with van der Waals surface area (Å²) in [6.07, 6.45) is 0.873. The molecule has 1 aromatic heterocycles. The van der Waals surface area contributed by atoms with Crippen LogP contribution in [0.1, 0.15) is 16.9 Å². The minimum absolute atomic E-state index is 0.0873. The Morgan fingerprint density at radius 3 is 3.14 bits per heavy atom. The minimum Gasteiger partial charge on any atom is -0.476 e. The minimum atomic E-state index is -0.994. The van der Waals surface area contributed by atoms with Gasteiger partial charge in [-0.25, -0.2) is 9.78 Å². The smallest absolute Gasteiger partial charge is 0.355 e. The van der Waals surface area contributed by atoms with Gasteiger partial charge in [-0.1, -0.05) is 0 Å². The van der Waals surface area contributed by atoms with Crippen molar-refractivity contribution < 1.29 is 14.6 Å². The number of carboxylic acids is 1. The van der Waals surface area contributed by atoms with E-state index < -0.39 is 5.97 Å². The Hall–Kier alpha value is -1.14. The molecule has 0 saturated heterocycles. The van der Waals surface area contributed by atoms with Crippen LogP contribution < -0.4 is 5.32 Å². The van der Waals surface area contributed by atoms with Crippen molar-refractivity contribution in [2.45, 2.75) is 6.42 Å². The average Bonchev–Trinajstić information content (AvgIpc) is 2.61. The van der Waals surface area contributed by atoms with Crippen molar-refractivity contribution in [2.24, 2.45) is 0 Å². The molecule has 1 rings (SSSR count). The maximum atomic E-state index is 10.5. The molecular formula is C8H12N2O3S. The van der Waals surface area contributed by atoms with Crippen molar-refractivity contribution in [3.05, 3.63) is 11.1 Å². The first-order valence-corrected chi connectivity index (χ1v) is 5.03. The van der Waals surface area contributed by atoms with E-state index in [9.17, 15) is 4.79 Å². The van der Waals surface area contributed by atoms with Crippen LogP contribution in [0.4, 0.5) is 5.13 Å². The molecule has 14 heavy (non-hydrogen) atoms. The summed E-state index contributed by atoms with van der Waals surface area (Å²) in [7, 11) is 1.64. The molecule has 1 aromatic rings. The zero-order valence-electron chi connectivity index (χ0n) is 7.82. The van der Waals surface area contributed by atoms with Crippen LogP contribution in [0.2, 0.25) is 0 Å². The third-order valence-corrected chi connectivity index (χ3v) is 2.32. The van der Waals surface area contributed by atoms with Gasteiger partial charge in [0, 0.05) is 25.6 Å². The van der Waals surface area contributed by atoms with E-state index in [-0.39, 0.29) is 5.69 Å². The van der Waals surface area contributed by atoms with Crippen LogP contribution in [0.25, 0.3) is 0 Å². The number of rotatable bonds is 6. The third kappa shape index (κ3) is 3.31. The molecule has 0 aromatic carbocycles. The second kappa shape index (κ2) is 5.56. The topological polar surface area (TPSA) is 71.5 Å². The summed E-state index contributed by atoms with van der Waals surface area (Å²) in [6.45, 7) is 1.42. The number of aromatic carboxylic acids is 1. The quantitative estimate of drug-likeness (QED) is 0.701. The van der Waals surface area contributed by atoms with Gasteiger partial charge in [-0.15, -0.1) is 11.3 Å². The summed E-state index contributed by atoms with van der Waals surface area (Å²) in [5.41, 5.74) is 0.0873. The lowest BCUT2D eigenvalue weighted by Crippen LogP contribution is -2.05. The van der Waals surface area contributed by atoms with Crippen LogP contribution in [0.5, 0.6) is 0 Å². The molecule has 0 fully saturated rings. The van der Waals surface area contributed by atoms with Gasteiger partial charge in [-0.05, 0) is 6.42 Å². The molecule has 5 nitrogen and oxygen atoms in total. The number of carboxylic acid groups (broad SMARTS) is 1. The number of hydrogen-bond donors (Lipinski definition) is 2. The van der Waals surface area contributed by atoms with Gasteiger partial charge < -0.3 is 15.2 Å². The van der Waals surface area contributed by atoms with Gasteiger partial charge in [0.05, 0.1) is 0 Å². The summed E-state index contributed by atoms with van der Waals surface area (Å²) in [5.74, 6) is -0.994. The molecule has 0 unspecified atom stereocenters. The second-order valence-corrected chi connectivity index (χ2v) is 3.47. The molecule has 0 aliphatic heterocycles. The molecule has 2 N–H and O–H groups in total. The predicted octanol–water partition coefficient (Wildman–Crippen LogP) is 1.29. The van der Waals surface area contributed by atoms with Gasteiger partial charge in [0.1, 0.15) is 0 Å². The summed E-state index contributed by atoms with van der Waals surface area (Å²) in [6, 6.07) is 0. The second-order valence-electron chi connectivity index (χ2n) is 2.62. The summed E-state index contributed by atoms with van der Waals surface area (Å²) in [5, 5.41) is 13.8. The predicted molar refractivity (Wildman–Crippen MR) is 54.1 cm³/mol. The Morgan fingerprint density at radius 2 is 2.57 bits per heavy atom. The van der Waals surface area contributed by atoms with Crippen molar-refractivity contribution >= 4 is 22.4 Å². The van der Waals surface area contributed by atoms with Gasteiger partial charge in [0.2, 0.25) is 0 Å². The van der Waals surface area contributed by atoms with Gasteiger partial charge in [-0.3, -0.25) is 0 Å². The maximum Gasteiger partial charge on any atom is 0.355 e. The Balaban J connectivity index is 2.33. The zero-order valence-corrected chi connectivity index (χ0v) is 8.63. The van der Waals surface area contributed by atoms with E-state index in [1.807, 2.05) is 0 Å². The molecule has 1 heterocycles. The number of carbonyl (C=O) groups is 1. The molecule has 0 aliphatic rings. The first-order chi connectivity index (χ1) is 6.74. The van der Waals surface area contributed by atoms with Gasteiger partial charge in [0.15, 0.2) is 10.8 Å². The number of ether oxygens (including phenoxy) is 1. The van der Waals surface area contributed by atoms with Gasteiger partial charge in [0.25, 0.3) is 0 Å². The van der Waals surface area contributed by atoms with Crippen LogP contribution in [0, 0.1) is 0 Å². The lowest BCUT2D eigenvalue weighted by molar-refractivity contribution is 0.0691. The average molecular weight is 216 g/mol. The summed E-state index contributed by atoms with van der Waals surface area (Å²) in [4.78, 5) is 14.4. The molecule has 0 bridgehead atoms. The number of nitrogens with zero attached hydrogens (tertiary/aromatic N) is 1. The monoisotopic (exact) mass is 216 g/mol. The van der Waals surface area contributed by atoms with Crippen LogP contribution in [0.15, 0.2) is 5.38 Å². The highest BCUT2D eigenvalue weighted by Gasteiger charge is 2.07. The van der Waals surface area contributed by atoms with E-state index in [4.69, 9.17) is 9.84 Å². The Kier molecular flexibility index (Phi) is 4.34. The van der Waals surface area contributed by atoms with E-state index >= 15 is 0 Å². The SMILES string of the molecule is COCCCNc1nc(C(=O)O)cs1. The molecule has 0 spiro atoms. The largest absolute Gasteiger partial charge is 0.476 e. The summed E-state index contributed by atoms with van der Waals surface area (Å²) >= 11 is 1.29. The Labute approximate surface area is 85.7 Å². The molecule has 6 heteroatoms. The van der Waals surface area contributed by atoms with E-state index in [1.165, 1.54) is 16.7 Å². The third-order valence-electron chi connectivity index (χ3n) is 1.52. The van der Waals surface area contributed by atoms with Crippen molar-refractivity contribution in [3.63, 3.8) is 0 Å². The Morgan fingerprint density at radius 1 is 1.79 bits per heavy atom. The van der Waals surface area contributed by atoms with Crippen LogP contribution in [0.3, 0.4) is 0 Å². The molecular weight excluding hydrogens is 204 g/mol. The van der Waals surface area contributed by atoms with Crippen LogP contribution in [-0.2, 0) is 4.74 Å². The van der Waals surface area contributed by atoms with E-state index in [1.54, 1.807) is 7.11 Å². The highest BCUT2D eigenvalue weighted by atomic mass is 32.1. The lowest BCUT2D eigenvalue weighted by atomic mass is 10.4. The summed E-state index contributed by atoms with van der Waals surface area (Å²) < 4.78 is 4.87. The van der Waals surface area contributed by atoms with E-state index in [2.05, 4.69) is 10.3 Å². The van der Waals surface area contributed by atoms with E-state index in [0.29, 0.717) is 11.7 Å². The standard InChI is InChI=1S/C8H12N2O3S/c1-13-4-2-3-9-8-10-6(5-14-8)7(11)12/h5H,2-4H2,1H3,(H,9,10)(H,11,12). The maximum absolute atomic E-state index is 10.5. The Bertz CT molecular complexity index is 301. The molecule has 78 valence electrons. The normalized spacial score (nSPS) is 10.1.